The summed E-state index contributed by atoms with van der Waals surface area (Å²) in [4.78, 5) is 13.4. The topological polar surface area (TPSA) is 86.9 Å². The van der Waals surface area contributed by atoms with Gasteiger partial charge in [-0.15, -0.1) is 11.3 Å². The van der Waals surface area contributed by atoms with Crippen molar-refractivity contribution in [3.05, 3.63) is 39.8 Å². The van der Waals surface area contributed by atoms with Crippen LogP contribution < -0.4 is 11.5 Å². The monoisotopic (exact) mass is 250 g/mol. The largest absolute Gasteiger partial charge is 0.366 e. The molecule has 0 saturated carbocycles. The summed E-state index contributed by atoms with van der Waals surface area (Å²) >= 11 is 1.68. The van der Waals surface area contributed by atoms with Gasteiger partial charge in [-0.1, -0.05) is 0 Å². The van der Waals surface area contributed by atoms with Crippen LogP contribution in [0.15, 0.2) is 24.5 Å². The van der Waals surface area contributed by atoms with E-state index in [1.54, 1.807) is 22.2 Å². The van der Waals surface area contributed by atoms with Crippen molar-refractivity contribution in [2.24, 2.45) is 11.5 Å². The Morgan fingerprint density at radius 2 is 2.35 bits per heavy atom. The normalized spacial score (nSPS) is 12.6. The minimum Gasteiger partial charge on any atom is -0.366 e. The van der Waals surface area contributed by atoms with E-state index < -0.39 is 5.91 Å². The van der Waals surface area contributed by atoms with Crippen molar-refractivity contribution in [3.8, 4) is 0 Å². The Morgan fingerprint density at radius 3 is 2.82 bits per heavy atom. The van der Waals surface area contributed by atoms with E-state index in [1.165, 1.54) is 11.1 Å². The second kappa shape index (κ2) is 4.68. The van der Waals surface area contributed by atoms with Gasteiger partial charge in [0, 0.05) is 22.5 Å². The van der Waals surface area contributed by atoms with Crippen LogP contribution in [0.2, 0.25) is 0 Å². The van der Waals surface area contributed by atoms with Gasteiger partial charge in [0.15, 0.2) is 0 Å². The molecular formula is C11H14N4OS. The quantitative estimate of drug-likeness (QED) is 0.845. The van der Waals surface area contributed by atoms with Crippen LogP contribution >= 0.6 is 11.3 Å². The first-order chi connectivity index (χ1) is 8.11. The van der Waals surface area contributed by atoms with Crippen LogP contribution in [0.5, 0.6) is 0 Å². The predicted molar refractivity (Wildman–Crippen MR) is 67.0 cm³/mol. The molecule has 5 nitrogen and oxygen atoms in total. The molecule has 0 aliphatic heterocycles. The number of rotatable bonds is 4. The fourth-order valence-corrected chi connectivity index (χ4v) is 2.61. The molecule has 0 spiro atoms. The highest BCUT2D eigenvalue weighted by Gasteiger charge is 2.16. The number of carbonyl (C=O) groups is 1. The first-order valence-electron chi connectivity index (χ1n) is 5.22. The molecular weight excluding hydrogens is 236 g/mol. The van der Waals surface area contributed by atoms with Crippen LogP contribution in [-0.2, 0) is 0 Å². The van der Waals surface area contributed by atoms with E-state index in [0.717, 1.165) is 4.88 Å². The molecule has 1 unspecified atom stereocenters. The first kappa shape index (κ1) is 11.8. The summed E-state index contributed by atoms with van der Waals surface area (Å²) in [6, 6.07) is 4.03. The summed E-state index contributed by atoms with van der Waals surface area (Å²) < 4.78 is 1.69. The fourth-order valence-electron chi connectivity index (χ4n) is 1.62. The van der Waals surface area contributed by atoms with Gasteiger partial charge in [0.1, 0.15) is 0 Å². The number of nitrogens with two attached hydrogens (primary N) is 2. The van der Waals surface area contributed by atoms with Gasteiger partial charge in [-0.3, -0.25) is 9.48 Å². The number of amides is 1. The van der Waals surface area contributed by atoms with E-state index in [2.05, 4.69) is 5.10 Å². The van der Waals surface area contributed by atoms with Gasteiger partial charge in [0.25, 0.3) is 5.91 Å². The minimum atomic E-state index is -0.477. The maximum absolute atomic E-state index is 11.0. The van der Waals surface area contributed by atoms with Crippen molar-refractivity contribution in [1.82, 2.24) is 9.78 Å². The second-order valence-corrected chi connectivity index (χ2v) is 5.09. The zero-order valence-electron chi connectivity index (χ0n) is 9.46. The van der Waals surface area contributed by atoms with Gasteiger partial charge in [-0.05, 0) is 19.1 Å². The molecule has 17 heavy (non-hydrogen) atoms. The summed E-state index contributed by atoms with van der Waals surface area (Å²) in [7, 11) is 0. The van der Waals surface area contributed by atoms with E-state index in [-0.39, 0.29) is 6.04 Å². The molecule has 2 aromatic heterocycles. The van der Waals surface area contributed by atoms with Crippen LogP contribution in [0.3, 0.4) is 0 Å². The summed E-state index contributed by atoms with van der Waals surface area (Å²) in [6.07, 6.45) is 3.10. The van der Waals surface area contributed by atoms with Gasteiger partial charge < -0.3 is 11.5 Å². The van der Waals surface area contributed by atoms with Gasteiger partial charge >= 0.3 is 0 Å². The minimum absolute atomic E-state index is 0.0400. The van der Waals surface area contributed by atoms with E-state index >= 15 is 0 Å². The van der Waals surface area contributed by atoms with Crippen molar-refractivity contribution < 1.29 is 4.79 Å². The molecule has 1 atom stereocenters. The van der Waals surface area contributed by atoms with Crippen molar-refractivity contribution in [2.45, 2.75) is 13.0 Å². The number of aryl methyl sites for hydroxylation is 1. The van der Waals surface area contributed by atoms with Gasteiger partial charge in [0.05, 0.1) is 17.8 Å². The zero-order valence-corrected chi connectivity index (χ0v) is 10.3. The van der Waals surface area contributed by atoms with Crippen LogP contribution in [0.4, 0.5) is 0 Å². The van der Waals surface area contributed by atoms with Gasteiger partial charge in [0.2, 0.25) is 0 Å². The molecule has 0 fully saturated rings. The molecule has 0 radical (unpaired) electrons. The highest BCUT2D eigenvalue weighted by Crippen LogP contribution is 2.24. The summed E-state index contributed by atoms with van der Waals surface area (Å²) in [5.74, 6) is -0.477. The number of hydrogen-bond donors (Lipinski definition) is 2. The molecule has 0 bridgehead atoms. The molecule has 2 rings (SSSR count). The Morgan fingerprint density at radius 1 is 1.59 bits per heavy atom. The lowest BCUT2D eigenvalue weighted by Crippen LogP contribution is -2.20. The molecule has 0 aliphatic carbocycles. The lowest BCUT2D eigenvalue weighted by atomic mass is 10.2. The number of primary amides is 1. The third-order valence-corrected chi connectivity index (χ3v) is 3.62. The average molecular weight is 250 g/mol. The number of hydrogen-bond acceptors (Lipinski definition) is 4. The highest BCUT2D eigenvalue weighted by atomic mass is 32.1. The average Bonchev–Trinajstić information content (AvgIpc) is 2.89. The number of carbonyl (C=O) groups excluding carboxylic acids is 1. The maximum atomic E-state index is 11.0. The number of aromatic nitrogens is 2. The lowest BCUT2D eigenvalue weighted by Gasteiger charge is -2.13. The molecule has 1 amide bonds. The SMILES string of the molecule is Cc1ccc(C(CN)n2cc(C(N)=O)cn2)s1. The standard InChI is InChI=1S/C11H14N4OS/c1-7-2-3-10(17-7)9(4-12)15-6-8(5-14-15)11(13)16/h2-3,5-6,9H,4,12H2,1H3,(H2,13,16). The Balaban J connectivity index is 2.31. The van der Waals surface area contributed by atoms with Crippen LogP contribution in [-0.4, -0.2) is 22.2 Å². The number of thiophene rings is 1. The van der Waals surface area contributed by atoms with Crippen molar-refractivity contribution in [2.75, 3.05) is 6.54 Å². The molecule has 2 heterocycles. The smallest absolute Gasteiger partial charge is 0.251 e. The molecule has 4 N–H and O–H groups in total. The Labute approximate surface area is 103 Å². The van der Waals surface area contributed by atoms with Crippen molar-refractivity contribution in [3.63, 3.8) is 0 Å². The third kappa shape index (κ3) is 2.37. The Kier molecular flexibility index (Phi) is 3.26. The van der Waals surface area contributed by atoms with E-state index in [9.17, 15) is 4.79 Å². The van der Waals surface area contributed by atoms with Crippen LogP contribution in [0.25, 0.3) is 0 Å². The third-order valence-electron chi connectivity index (χ3n) is 2.52. The number of nitrogens with zero attached hydrogens (tertiary/aromatic N) is 2. The Bertz CT molecular complexity index is 531. The van der Waals surface area contributed by atoms with Gasteiger partial charge in [-0.25, -0.2) is 0 Å². The highest BCUT2D eigenvalue weighted by molar-refractivity contribution is 7.12. The molecule has 6 heteroatoms. The van der Waals surface area contributed by atoms with Crippen LogP contribution in [0, 0.1) is 6.92 Å². The zero-order chi connectivity index (χ0) is 12.4. The molecule has 0 saturated heterocycles. The van der Waals surface area contributed by atoms with E-state index in [1.807, 2.05) is 19.1 Å². The molecule has 90 valence electrons. The fraction of sp³-hybridized carbons (Fsp3) is 0.273. The lowest BCUT2D eigenvalue weighted by molar-refractivity contribution is 0.1000. The summed E-state index contributed by atoms with van der Waals surface area (Å²) in [6.45, 7) is 2.47. The summed E-state index contributed by atoms with van der Waals surface area (Å²) in [5.41, 5.74) is 11.4. The first-order valence-corrected chi connectivity index (χ1v) is 6.04. The van der Waals surface area contributed by atoms with Crippen LogP contribution in [0.1, 0.15) is 26.2 Å². The van der Waals surface area contributed by atoms with Crippen molar-refractivity contribution >= 4 is 17.2 Å². The molecule has 0 aliphatic rings. The van der Waals surface area contributed by atoms with Crippen molar-refractivity contribution in [1.29, 1.82) is 0 Å². The summed E-state index contributed by atoms with van der Waals surface area (Å²) in [5, 5.41) is 4.14. The Hall–Kier alpha value is -1.66. The molecule has 2 aromatic rings. The molecule has 0 aromatic carbocycles. The van der Waals surface area contributed by atoms with E-state index in [4.69, 9.17) is 11.5 Å². The van der Waals surface area contributed by atoms with Gasteiger partial charge in [-0.2, -0.15) is 5.10 Å². The predicted octanol–water partition coefficient (Wildman–Crippen LogP) is 0.900. The second-order valence-electron chi connectivity index (χ2n) is 3.77. The van der Waals surface area contributed by atoms with E-state index in [0.29, 0.717) is 12.1 Å². The maximum Gasteiger partial charge on any atom is 0.251 e.